The molecule has 4 rings (SSSR count). The molecule has 3 heterocycles. The summed E-state index contributed by atoms with van der Waals surface area (Å²) in [5.74, 6) is 0.143. The van der Waals surface area contributed by atoms with Gasteiger partial charge in [0.15, 0.2) is 0 Å². The molecule has 0 bridgehead atoms. The fourth-order valence-corrected chi connectivity index (χ4v) is 4.50. The lowest BCUT2D eigenvalue weighted by Gasteiger charge is -2.15. The van der Waals surface area contributed by atoms with Gasteiger partial charge in [0.1, 0.15) is 22.7 Å². The van der Waals surface area contributed by atoms with Crippen molar-refractivity contribution in [2.75, 3.05) is 18.4 Å². The average Bonchev–Trinajstić information content (AvgIpc) is 3.41. The van der Waals surface area contributed by atoms with Gasteiger partial charge in [-0.1, -0.05) is 18.2 Å². The number of aromatic nitrogens is 3. The first-order chi connectivity index (χ1) is 13.5. The Morgan fingerprint density at radius 2 is 1.75 bits per heavy atom. The molecule has 0 spiro atoms. The van der Waals surface area contributed by atoms with Crippen LogP contribution in [0.25, 0.3) is 5.82 Å². The molecule has 1 aliphatic heterocycles. The Morgan fingerprint density at radius 3 is 2.43 bits per heavy atom. The van der Waals surface area contributed by atoms with Crippen LogP contribution in [0.1, 0.15) is 23.3 Å². The van der Waals surface area contributed by atoms with Crippen LogP contribution in [0, 0.1) is 0 Å². The van der Waals surface area contributed by atoms with E-state index in [9.17, 15) is 13.2 Å². The summed E-state index contributed by atoms with van der Waals surface area (Å²) < 4.78 is 28.2. The van der Waals surface area contributed by atoms with Crippen molar-refractivity contribution in [1.29, 1.82) is 0 Å². The number of imidazole rings is 1. The van der Waals surface area contributed by atoms with E-state index >= 15 is 0 Å². The zero-order valence-corrected chi connectivity index (χ0v) is 15.8. The second-order valence-electron chi connectivity index (χ2n) is 6.45. The van der Waals surface area contributed by atoms with Gasteiger partial charge in [0.25, 0.3) is 5.91 Å². The molecule has 3 aromatic rings. The summed E-state index contributed by atoms with van der Waals surface area (Å²) in [6, 6.07) is 12.2. The zero-order chi connectivity index (χ0) is 19.6. The van der Waals surface area contributed by atoms with E-state index in [1.54, 1.807) is 29.0 Å². The molecule has 1 amide bonds. The minimum absolute atomic E-state index is 0.167. The number of hydrogen-bond acceptors (Lipinski definition) is 5. The van der Waals surface area contributed by atoms with E-state index in [4.69, 9.17) is 0 Å². The SMILES string of the molecule is O=C(Nc1ccccc1)c1cn(-c2ccc(S(=O)(=O)N3CCCC3)cn2)cn1. The summed E-state index contributed by atoms with van der Waals surface area (Å²) in [4.78, 5) is 20.8. The number of sulfonamides is 1. The van der Waals surface area contributed by atoms with Crippen molar-refractivity contribution < 1.29 is 13.2 Å². The molecule has 0 unspecified atom stereocenters. The van der Waals surface area contributed by atoms with E-state index in [0.29, 0.717) is 24.6 Å². The number of para-hydroxylation sites is 1. The number of nitrogens with zero attached hydrogens (tertiary/aromatic N) is 4. The third-order valence-corrected chi connectivity index (χ3v) is 6.42. The minimum atomic E-state index is -3.50. The number of amides is 1. The van der Waals surface area contributed by atoms with Gasteiger partial charge in [0.2, 0.25) is 10.0 Å². The Morgan fingerprint density at radius 1 is 1.00 bits per heavy atom. The van der Waals surface area contributed by atoms with Crippen LogP contribution in [0.15, 0.2) is 66.1 Å². The van der Waals surface area contributed by atoms with E-state index in [1.165, 1.54) is 22.9 Å². The lowest BCUT2D eigenvalue weighted by molar-refractivity contribution is 0.102. The first-order valence-electron chi connectivity index (χ1n) is 8.91. The van der Waals surface area contributed by atoms with Gasteiger partial charge in [-0.3, -0.25) is 9.36 Å². The first-order valence-corrected chi connectivity index (χ1v) is 10.3. The Balaban J connectivity index is 1.50. The molecule has 1 N–H and O–H groups in total. The second-order valence-corrected chi connectivity index (χ2v) is 8.39. The van der Waals surface area contributed by atoms with E-state index in [2.05, 4.69) is 15.3 Å². The van der Waals surface area contributed by atoms with Crippen LogP contribution < -0.4 is 5.32 Å². The largest absolute Gasteiger partial charge is 0.321 e. The smallest absolute Gasteiger partial charge is 0.275 e. The average molecular weight is 397 g/mol. The van der Waals surface area contributed by atoms with Gasteiger partial charge in [-0.25, -0.2) is 18.4 Å². The van der Waals surface area contributed by atoms with Crippen molar-refractivity contribution >= 4 is 21.6 Å². The van der Waals surface area contributed by atoms with Crippen molar-refractivity contribution in [1.82, 2.24) is 18.8 Å². The summed E-state index contributed by atoms with van der Waals surface area (Å²) in [5.41, 5.74) is 0.913. The number of carbonyl (C=O) groups is 1. The summed E-state index contributed by atoms with van der Waals surface area (Å²) in [7, 11) is -3.50. The summed E-state index contributed by atoms with van der Waals surface area (Å²) >= 11 is 0. The minimum Gasteiger partial charge on any atom is -0.321 e. The van der Waals surface area contributed by atoms with Gasteiger partial charge in [0.05, 0.1) is 0 Å². The normalized spacial score (nSPS) is 14.9. The highest BCUT2D eigenvalue weighted by Gasteiger charge is 2.27. The van der Waals surface area contributed by atoms with Crippen LogP contribution in [-0.4, -0.2) is 46.3 Å². The lowest BCUT2D eigenvalue weighted by atomic mass is 10.3. The van der Waals surface area contributed by atoms with Crippen molar-refractivity contribution in [2.24, 2.45) is 0 Å². The van der Waals surface area contributed by atoms with Gasteiger partial charge >= 0.3 is 0 Å². The van der Waals surface area contributed by atoms with Crippen LogP contribution in [0.4, 0.5) is 5.69 Å². The summed E-state index contributed by atoms with van der Waals surface area (Å²) in [5, 5.41) is 2.76. The molecular weight excluding hydrogens is 378 g/mol. The molecule has 2 aromatic heterocycles. The van der Waals surface area contributed by atoms with Gasteiger partial charge < -0.3 is 5.32 Å². The number of anilines is 1. The highest BCUT2D eigenvalue weighted by atomic mass is 32.2. The Kier molecular flexibility index (Phi) is 4.93. The summed E-state index contributed by atoms with van der Waals surface area (Å²) in [6.45, 7) is 1.09. The van der Waals surface area contributed by atoms with Gasteiger partial charge in [-0.05, 0) is 37.1 Å². The predicted octanol–water partition coefficient (Wildman–Crippen LogP) is 2.30. The molecule has 1 aromatic carbocycles. The van der Waals surface area contributed by atoms with Gasteiger partial charge in [0, 0.05) is 31.2 Å². The number of pyridine rings is 1. The summed E-state index contributed by atoms with van der Waals surface area (Å²) in [6.07, 6.45) is 6.13. The van der Waals surface area contributed by atoms with E-state index in [0.717, 1.165) is 12.8 Å². The molecule has 1 aliphatic rings. The molecule has 28 heavy (non-hydrogen) atoms. The fourth-order valence-electron chi connectivity index (χ4n) is 3.04. The predicted molar refractivity (Wildman–Crippen MR) is 104 cm³/mol. The van der Waals surface area contributed by atoms with Crippen LogP contribution >= 0.6 is 0 Å². The van der Waals surface area contributed by atoms with Gasteiger partial charge in [-0.15, -0.1) is 0 Å². The number of rotatable bonds is 5. The van der Waals surface area contributed by atoms with Crippen LogP contribution in [0.3, 0.4) is 0 Å². The van der Waals surface area contributed by atoms with E-state index < -0.39 is 10.0 Å². The van der Waals surface area contributed by atoms with Crippen molar-refractivity contribution in [3.05, 3.63) is 66.9 Å². The Bertz CT molecular complexity index is 1070. The number of benzene rings is 1. The van der Waals surface area contributed by atoms with Gasteiger partial charge in [-0.2, -0.15) is 4.31 Å². The Labute approximate surface area is 162 Å². The first kappa shape index (κ1) is 18.3. The fraction of sp³-hybridized carbons (Fsp3) is 0.211. The molecule has 144 valence electrons. The maximum Gasteiger partial charge on any atom is 0.275 e. The van der Waals surface area contributed by atoms with Crippen molar-refractivity contribution in [3.63, 3.8) is 0 Å². The Hall–Kier alpha value is -3.04. The third-order valence-electron chi connectivity index (χ3n) is 4.53. The zero-order valence-electron chi connectivity index (χ0n) is 15.0. The molecule has 9 heteroatoms. The van der Waals surface area contributed by atoms with E-state index in [-0.39, 0.29) is 16.5 Å². The molecule has 0 saturated carbocycles. The number of hydrogen-bond donors (Lipinski definition) is 1. The molecule has 1 fully saturated rings. The standard InChI is InChI=1S/C19H19N5O3S/c25-19(22-15-6-2-1-3-7-15)17-13-23(14-21-17)18-9-8-16(12-20-18)28(26,27)24-10-4-5-11-24/h1-3,6-9,12-14H,4-5,10-11H2,(H,22,25). The quantitative estimate of drug-likeness (QED) is 0.712. The molecular formula is C19H19N5O3S. The van der Waals surface area contributed by atoms with Crippen LogP contribution in [-0.2, 0) is 10.0 Å². The topological polar surface area (TPSA) is 97.2 Å². The molecule has 0 atom stereocenters. The van der Waals surface area contributed by atoms with E-state index in [1.807, 2.05) is 18.2 Å². The number of nitrogens with one attached hydrogen (secondary N) is 1. The van der Waals surface area contributed by atoms with Crippen molar-refractivity contribution in [3.8, 4) is 5.82 Å². The monoisotopic (exact) mass is 397 g/mol. The molecule has 8 nitrogen and oxygen atoms in total. The van der Waals surface area contributed by atoms with Crippen LogP contribution in [0.2, 0.25) is 0 Å². The maximum absolute atomic E-state index is 12.6. The maximum atomic E-state index is 12.6. The molecule has 1 saturated heterocycles. The van der Waals surface area contributed by atoms with Crippen LogP contribution in [0.5, 0.6) is 0 Å². The highest BCUT2D eigenvalue weighted by Crippen LogP contribution is 2.21. The third kappa shape index (κ3) is 3.67. The molecule has 0 aliphatic carbocycles. The highest BCUT2D eigenvalue weighted by molar-refractivity contribution is 7.89. The number of carbonyl (C=O) groups excluding carboxylic acids is 1. The second kappa shape index (κ2) is 7.53. The van der Waals surface area contributed by atoms with Crippen molar-refractivity contribution in [2.45, 2.75) is 17.7 Å². The lowest BCUT2D eigenvalue weighted by Crippen LogP contribution is -2.27. The molecule has 0 radical (unpaired) electrons.